The highest BCUT2D eigenvalue weighted by Crippen LogP contribution is 2.30. The van der Waals surface area contributed by atoms with Crippen molar-refractivity contribution in [3.63, 3.8) is 0 Å². The van der Waals surface area contributed by atoms with Gasteiger partial charge in [0, 0.05) is 10.9 Å². The summed E-state index contributed by atoms with van der Waals surface area (Å²) in [6, 6.07) is 8.05. The third-order valence-corrected chi connectivity index (χ3v) is 4.05. The monoisotopic (exact) mass is 351 g/mol. The zero-order valence-electron chi connectivity index (χ0n) is 12.3. The first-order valence-electron chi connectivity index (χ1n) is 6.71. The molecule has 0 aliphatic rings. The molecule has 1 N–H and O–H groups in total. The van der Waals surface area contributed by atoms with E-state index < -0.39 is 18.1 Å². The highest BCUT2D eigenvalue weighted by molar-refractivity contribution is 7.12. The van der Waals surface area contributed by atoms with Crippen LogP contribution in [0.15, 0.2) is 35.7 Å². The van der Waals surface area contributed by atoms with E-state index in [2.05, 4.69) is 10.1 Å². The molecule has 0 spiro atoms. The molecular weight excluding hydrogens is 340 g/mol. The van der Waals surface area contributed by atoms with Crippen molar-refractivity contribution < 1.29 is 23.4 Å². The maximum absolute atomic E-state index is 13.0. The average molecular weight is 351 g/mol. The quantitative estimate of drug-likeness (QED) is 0.759. The largest absolute Gasteiger partial charge is 0.497 e. The van der Waals surface area contributed by atoms with Crippen molar-refractivity contribution in [2.45, 2.75) is 6.43 Å². The van der Waals surface area contributed by atoms with Gasteiger partial charge < -0.3 is 9.84 Å². The van der Waals surface area contributed by atoms with Crippen LogP contribution in [0.1, 0.15) is 22.6 Å². The zero-order chi connectivity index (χ0) is 17.3. The number of aromatic nitrogens is 3. The molecule has 124 valence electrons. The Balaban J connectivity index is 2.11. The Morgan fingerprint density at radius 2 is 2.04 bits per heavy atom. The number of halogens is 2. The molecule has 3 rings (SSSR count). The van der Waals surface area contributed by atoms with Crippen LogP contribution in [0.25, 0.3) is 16.4 Å². The predicted molar refractivity (Wildman–Crippen MR) is 83.1 cm³/mol. The summed E-state index contributed by atoms with van der Waals surface area (Å²) >= 11 is 1.01. The molecule has 0 atom stereocenters. The number of ether oxygens (including phenoxy) is 1. The molecule has 1 aromatic carbocycles. The van der Waals surface area contributed by atoms with Crippen LogP contribution in [-0.2, 0) is 0 Å². The number of rotatable bonds is 5. The Hall–Kier alpha value is -2.81. The number of methoxy groups -OCH3 is 1. The molecule has 2 aromatic heterocycles. The van der Waals surface area contributed by atoms with Crippen LogP contribution in [0.3, 0.4) is 0 Å². The summed E-state index contributed by atoms with van der Waals surface area (Å²) < 4.78 is 32.4. The van der Waals surface area contributed by atoms with Crippen molar-refractivity contribution in [2.75, 3.05) is 7.11 Å². The number of benzene rings is 1. The second kappa shape index (κ2) is 6.36. The lowest BCUT2D eigenvalue weighted by Gasteiger charge is -2.05. The lowest BCUT2D eigenvalue weighted by atomic mass is 10.1. The summed E-state index contributed by atoms with van der Waals surface area (Å²) in [5.74, 6) is -0.564. The van der Waals surface area contributed by atoms with E-state index in [1.165, 1.54) is 23.2 Å². The minimum atomic E-state index is -2.75. The number of hydrogen-bond donors (Lipinski definition) is 1. The molecule has 2 heterocycles. The van der Waals surface area contributed by atoms with Gasteiger partial charge in [0.05, 0.1) is 12.8 Å². The fourth-order valence-corrected chi connectivity index (χ4v) is 2.84. The summed E-state index contributed by atoms with van der Waals surface area (Å²) in [7, 11) is 1.52. The van der Waals surface area contributed by atoms with Gasteiger partial charge in [-0.05, 0) is 30.3 Å². The predicted octanol–water partition coefficient (Wildman–Crippen LogP) is 3.64. The van der Waals surface area contributed by atoms with E-state index in [1.807, 2.05) is 0 Å². The summed E-state index contributed by atoms with van der Waals surface area (Å²) in [6.07, 6.45) is -2.75. The van der Waals surface area contributed by atoms with Crippen molar-refractivity contribution in [3.05, 3.63) is 47.1 Å². The fraction of sp³-hybridized carbons (Fsp3) is 0.133. The lowest BCUT2D eigenvalue weighted by molar-refractivity contribution is 0.0691. The van der Waals surface area contributed by atoms with Gasteiger partial charge in [-0.1, -0.05) is 0 Å². The van der Waals surface area contributed by atoms with Crippen molar-refractivity contribution in [2.24, 2.45) is 0 Å². The Morgan fingerprint density at radius 1 is 1.33 bits per heavy atom. The zero-order valence-corrected chi connectivity index (χ0v) is 13.1. The summed E-state index contributed by atoms with van der Waals surface area (Å²) in [5.41, 5.74) is 0.444. The van der Waals surface area contributed by atoms with E-state index in [0.717, 1.165) is 11.3 Å². The summed E-state index contributed by atoms with van der Waals surface area (Å²) in [4.78, 5) is 14.9. The van der Waals surface area contributed by atoms with E-state index in [9.17, 15) is 13.6 Å². The van der Waals surface area contributed by atoms with Gasteiger partial charge in [-0.2, -0.15) is 5.10 Å². The molecule has 0 aliphatic heterocycles. The third kappa shape index (κ3) is 2.98. The molecular formula is C15H11F2N3O3S. The van der Waals surface area contributed by atoms with Crippen LogP contribution in [0, 0.1) is 0 Å². The lowest BCUT2D eigenvalue weighted by Crippen LogP contribution is -2.02. The highest BCUT2D eigenvalue weighted by atomic mass is 32.1. The van der Waals surface area contributed by atoms with Crippen LogP contribution >= 0.6 is 11.3 Å². The molecule has 0 saturated heterocycles. The second-order valence-corrected chi connectivity index (χ2v) is 5.55. The van der Waals surface area contributed by atoms with Gasteiger partial charge in [0.15, 0.2) is 5.69 Å². The first-order chi connectivity index (χ1) is 11.5. The van der Waals surface area contributed by atoms with Crippen LogP contribution in [0.4, 0.5) is 8.78 Å². The van der Waals surface area contributed by atoms with Crippen molar-refractivity contribution in [1.29, 1.82) is 0 Å². The van der Waals surface area contributed by atoms with E-state index >= 15 is 0 Å². The molecule has 6 nitrogen and oxygen atoms in total. The topological polar surface area (TPSA) is 77.2 Å². The number of aromatic carboxylic acids is 1. The maximum atomic E-state index is 13.0. The van der Waals surface area contributed by atoms with E-state index in [-0.39, 0.29) is 10.8 Å². The SMILES string of the molecule is COc1ccc(-c2cc(C(F)F)nn2-c2nc(C(=O)O)cs2)cc1. The molecule has 0 fully saturated rings. The molecule has 0 saturated carbocycles. The van der Waals surface area contributed by atoms with Gasteiger partial charge >= 0.3 is 5.97 Å². The Labute approximate surface area is 139 Å². The standard InChI is InChI=1S/C15H11F2N3O3S/c1-23-9-4-2-8(3-5-9)12-6-10(13(16)17)19-20(12)15-18-11(7-24-15)14(21)22/h2-7,13H,1H3,(H,21,22). The molecule has 9 heteroatoms. The number of hydrogen-bond acceptors (Lipinski definition) is 5. The second-order valence-electron chi connectivity index (χ2n) is 4.72. The molecule has 0 aliphatic carbocycles. The van der Waals surface area contributed by atoms with Gasteiger partial charge in [0.2, 0.25) is 5.13 Å². The molecule has 3 aromatic rings. The van der Waals surface area contributed by atoms with Gasteiger partial charge in [-0.25, -0.2) is 23.2 Å². The Bertz CT molecular complexity index is 874. The average Bonchev–Trinajstić information content (AvgIpc) is 3.21. The highest BCUT2D eigenvalue weighted by Gasteiger charge is 2.20. The van der Waals surface area contributed by atoms with Crippen LogP contribution in [0.5, 0.6) is 5.75 Å². The molecule has 0 unspecified atom stereocenters. The third-order valence-electron chi connectivity index (χ3n) is 3.23. The van der Waals surface area contributed by atoms with Crippen molar-refractivity contribution >= 4 is 17.3 Å². The molecule has 0 bridgehead atoms. The Morgan fingerprint density at radius 3 is 2.58 bits per heavy atom. The minimum Gasteiger partial charge on any atom is -0.497 e. The van der Waals surface area contributed by atoms with Crippen LogP contribution in [0.2, 0.25) is 0 Å². The number of carboxylic acids is 1. The number of carbonyl (C=O) groups is 1. The first kappa shape index (κ1) is 16.1. The first-order valence-corrected chi connectivity index (χ1v) is 7.59. The Kier molecular flexibility index (Phi) is 4.26. The molecule has 0 amide bonds. The maximum Gasteiger partial charge on any atom is 0.355 e. The van der Waals surface area contributed by atoms with Gasteiger partial charge in [-0.15, -0.1) is 11.3 Å². The minimum absolute atomic E-state index is 0.162. The molecule has 24 heavy (non-hydrogen) atoms. The number of carboxylic acid groups (broad SMARTS) is 1. The normalized spacial score (nSPS) is 11.0. The summed E-state index contributed by atoms with van der Waals surface area (Å²) in [6.45, 7) is 0. The van der Waals surface area contributed by atoms with Crippen LogP contribution < -0.4 is 4.74 Å². The van der Waals surface area contributed by atoms with E-state index in [4.69, 9.17) is 9.84 Å². The number of thiazole rings is 1. The van der Waals surface area contributed by atoms with Crippen molar-refractivity contribution in [1.82, 2.24) is 14.8 Å². The smallest absolute Gasteiger partial charge is 0.355 e. The number of nitrogens with zero attached hydrogens (tertiary/aromatic N) is 3. The summed E-state index contributed by atoms with van der Waals surface area (Å²) in [5, 5.41) is 14.4. The van der Waals surface area contributed by atoms with E-state index in [0.29, 0.717) is 17.0 Å². The van der Waals surface area contributed by atoms with Crippen LogP contribution in [-0.4, -0.2) is 33.0 Å². The number of alkyl halides is 2. The van der Waals surface area contributed by atoms with E-state index in [1.54, 1.807) is 24.3 Å². The van der Waals surface area contributed by atoms with Crippen molar-refractivity contribution in [3.8, 4) is 22.1 Å². The van der Waals surface area contributed by atoms with Gasteiger partial charge in [-0.3, -0.25) is 0 Å². The van der Waals surface area contributed by atoms with Gasteiger partial charge in [0.1, 0.15) is 11.4 Å². The molecule has 0 radical (unpaired) electrons. The van der Waals surface area contributed by atoms with Gasteiger partial charge in [0.25, 0.3) is 6.43 Å². The fourth-order valence-electron chi connectivity index (χ4n) is 2.08.